The third-order valence-electron chi connectivity index (χ3n) is 3.88. The molecule has 0 radical (unpaired) electrons. The zero-order valence-electron chi connectivity index (χ0n) is 13.9. The first-order chi connectivity index (χ1) is 10.00. The van der Waals surface area contributed by atoms with Crippen LogP contribution in [-0.2, 0) is 0 Å². The van der Waals surface area contributed by atoms with Crippen molar-refractivity contribution < 1.29 is 10.2 Å². The topological polar surface area (TPSA) is 40.5 Å². The SMILES string of the molecule is [CH3][Sn]([CH3])([CH3])[c]1cc2c(O)c3s[c]([Sn]([CH3])([CH3])[CH3])cc3c(O)c2s1. The summed E-state index contributed by atoms with van der Waals surface area (Å²) in [6, 6.07) is 4.26. The molecule has 0 unspecified atom stereocenters. The molecule has 0 aliphatic carbocycles. The fourth-order valence-corrected chi connectivity index (χ4v) is 15.1. The van der Waals surface area contributed by atoms with Gasteiger partial charge in [-0.05, 0) is 0 Å². The monoisotopic (exact) mass is 550 g/mol. The Morgan fingerprint density at radius 3 is 1.27 bits per heavy atom. The van der Waals surface area contributed by atoms with Gasteiger partial charge >= 0.3 is 149 Å². The van der Waals surface area contributed by atoms with E-state index < -0.39 is 36.8 Å². The van der Waals surface area contributed by atoms with E-state index in [1.165, 1.54) is 5.79 Å². The van der Waals surface area contributed by atoms with Crippen LogP contribution >= 0.6 is 22.7 Å². The van der Waals surface area contributed by atoms with Crippen molar-refractivity contribution in [3.8, 4) is 11.5 Å². The molecule has 2 aromatic heterocycles. The van der Waals surface area contributed by atoms with Gasteiger partial charge in [0.25, 0.3) is 0 Å². The number of hydrogen-bond donors (Lipinski definition) is 2. The fourth-order valence-electron chi connectivity index (χ4n) is 2.47. The Morgan fingerprint density at radius 2 is 1.00 bits per heavy atom. The Labute approximate surface area is 147 Å². The van der Waals surface area contributed by atoms with Gasteiger partial charge in [0, 0.05) is 0 Å². The number of fused-ring (bicyclic) bond motifs is 2. The molecule has 0 fully saturated rings. The van der Waals surface area contributed by atoms with Crippen LogP contribution in [0.4, 0.5) is 0 Å². The molecule has 3 rings (SSSR count). The van der Waals surface area contributed by atoms with E-state index in [4.69, 9.17) is 0 Å². The van der Waals surface area contributed by atoms with Crippen molar-refractivity contribution in [1.82, 2.24) is 0 Å². The van der Waals surface area contributed by atoms with Gasteiger partial charge in [0.1, 0.15) is 0 Å². The molecule has 0 saturated heterocycles. The van der Waals surface area contributed by atoms with Gasteiger partial charge in [0.05, 0.1) is 0 Å². The van der Waals surface area contributed by atoms with Crippen molar-refractivity contribution in [2.24, 2.45) is 0 Å². The zero-order valence-corrected chi connectivity index (χ0v) is 21.2. The van der Waals surface area contributed by atoms with Gasteiger partial charge in [-0.2, -0.15) is 0 Å². The molecule has 6 heteroatoms. The zero-order chi connectivity index (χ0) is 16.4. The van der Waals surface area contributed by atoms with Gasteiger partial charge in [0.2, 0.25) is 0 Å². The average molecular weight is 548 g/mol. The Hall–Kier alpha value is 0.337. The van der Waals surface area contributed by atoms with E-state index in [0.717, 1.165) is 20.2 Å². The third kappa shape index (κ3) is 2.78. The summed E-state index contributed by atoms with van der Waals surface area (Å²) < 4.78 is 4.51. The molecule has 0 aliphatic rings. The third-order valence-corrected chi connectivity index (χ3v) is 25.0. The second-order valence-electron chi connectivity index (χ2n) is 7.90. The summed E-state index contributed by atoms with van der Waals surface area (Å²) >= 11 is -1.03. The second-order valence-corrected chi connectivity index (χ2v) is 40.8. The van der Waals surface area contributed by atoms with Crippen LogP contribution < -0.4 is 5.79 Å². The molecule has 1 aromatic carbocycles. The van der Waals surface area contributed by atoms with Gasteiger partial charge in [-0.25, -0.2) is 0 Å². The van der Waals surface area contributed by atoms with Crippen LogP contribution in [0.3, 0.4) is 0 Å². The standard InChI is InChI=1S/C10H4O2S2.6CH3.2Sn/c11-7-5-1-3-13-9(5)8(12)6-2-4-14-10(6)7;;;;;;;;/h1-2,11-12H;6*1H3;;. The van der Waals surface area contributed by atoms with Crippen LogP contribution in [0, 0.1) is 0 Å². The molecule has 2 N–H and O–H groups in total. The van der Waals surface area contributed by atoms with Crippen molar-refractivity contribution in [2.75, 3.05) is 0 Å². The first kappa shape index (κ1) is 17.2. The van der Waals surface area contributed by atoms with Gasteiger partial charge in [-0.15, -0.1) is 0 Å². The normalized spacial score (nSPS) is 13.4. The minimum absolute atomic E-state index is 0.368. The number of phenols is 2. The Kier molecular flexibility index (Phi) is 4.23. The van der Waals surface area contributed by atoms with Gasteiger partial charge in [-0.1, -0.05) is 0 Å². The van der Waals surface area contributed by atoms with Crippen LogP contribution in [0.15, 0.2) is 12.1 Å². The first-order valence-electron chi connectivity index (χ1n) is 7.42. The van der Waals surface area contributed by atoms with E-state index in [1.807, 2.05) is 0 Å². The molecule has 2 nitrogen and oxygen atoms in total. The number of aromatic hydroxyl groups is 2. The predicted molar refractivity (Wildman–Crippen MR) is 106 cm³/mol. The van der Waals surface area contributed by atoms with Crippen LogP contribution in [0.1, 0.15) is 0 Å². The Balaban J connectivity index is 2.38. The van der Waals surface area contributed by atoms with Gasteiger partial charge < -0.3 is 0 Å². The van der Waals surface area contributed by atoms with Crippen molar-refractivity contribution >= 4 is 85.4 Å². The fraction of sp³-hybridized carbons (Fsp3) is 0.375. The molecule has 3 aromatic rings. The molecule has 0 aliphatic heterocycles. The number of hydrogen-bond acceptors (Lipinski definition) is 4. The van der Waals surface area contributed by atoms with Crippen molar-refractivity contribution in [3.63, 3.8) is 0 Å². The van der Waals surface area contributed by atoms with E-state index in [0.29, 0.717) is 11.5 Å². The maximum absolute atomic E-state index is 10.7. The van der Waals surface area contributed by atoms with Crippen LogP contribution in [0.2, 0.25) is 29.6 Å². The second kappa shape index (κ2) is 5.42. The molecule has 0 atom stereocenters. The van der Waals surface area contributed by atoms with E-state index in [9.17, 15) is 10.2 Å². The summed E-state index contributed by atoms with van der Waals surface area (Å²) in [5.74, 6) is 0.736. The first-order valence-corrected chi connectivity index (χ1v) is 29.0. The van der Waals surface area contributed by atoms with E-state index >= 15 is 0 Å². The number of thiophene rings is 2. The number of benzene rings is 1. The van der Waals surface area contributed by atoms with Crippen LogP contribution in [0.25, 0.3) is 20.2 Å². The van der Waals surface area contributed by atoms with Crippen LogP contribution in [-0.4, -0.2) is 47.0 Å². The van der Waals surface area contributed by atoms with E-state index in [2.05, 4.69) is 41.8 Å². The molecule has 22 heavy (non-hydrogen) atoms. The quantitative estimate of drug-likeness (QED) is 0.363. The van der Waals surface area contributed by atoms with Crippen molar-refractivity contribution in [1.29, 1.82) is 0 Å². The summed E-state index contributed by atoms with van der Waals surface area (Å²) in [4.78, 5) is 14.2. The molecule has 0 bridgehead atoms. The number of rotatable bonds is 2. The van der Waals surface area contributed by atoms with Gasteiger partial charge in [0.15, 0.2) is 0 Å². The van der Waals surface area contributed by atoms with Gasteiger partial charge in [-0.3, -0.25) is 0 Å². The molecular weight excluding hydrogens is 526 g/mol. The molecule has 2 heterocycles. The summed E-state index contributed by atoms with van der Waals surface area (Å²) in [5.41, 5.74) is 0. The predicted octanol–water partition coefficient (Wildman–Crippen LogP) is 4.62. The summed E-state index contributed by atoms with van der Waals surface area (Å²) in [6.45, 7) is 0. The molecular formula is C16H22O2S2Sn2. The van der Waals surface area contributed by atoms with Crippen molar-refractivity contribution in [3.05, 3.63) is 12.1 Å². The molecule has 118 valence electrons. The minimum atomic E-state index is -2.20. The molecule has 0 saturated carbocycles. The molecule has 0 amide bonds. The Morgan fingerprint density at radius 1 is 0.682 bits per heavy atom. The summed E-state index contributed by atoms with van der Waals surface area (Å²) in [6.07, 6.45) is 0. The number of phenolic OH excluding ortho intramolecular Hbond substituents is 2. The van der Waals surface area contributed by atoms with Crippen molar-refractivity contribution in [2.45, 2.75) is 29.6 Å². The average Bonchev–Trinajstić information content (AvgIpc) is 2.99. The summed E-state index contributed by atoms with van der Waals surface area (Å²) in [5, 5.41) is 23.2. The van der Waals surface area contributed by atoms with E-state index in [1.54, 1.807) is 22.7 Å². The maximum atomic E-state index is 10.7. The summed E-state index contributed by atoms with van der Waals surface area (Å²) in [7, 11) is 0. The van der Waals surface area contributed by atoms with Crippen LogP contribution in [0.5, 0.6) is 11.5 Å². The molecule has 0 spiro atoms. The Bertz CT molecular complexity index is 753. The van der Waals surface area contributed by atoms with E-state index in [-0.39, 0.29) is 0 Å².